The van der Waals surface area contributed by atoms with Gasteiger partial charge >= 0.3 is 0 Å². The minimum absolute atomic E-state index is 0.234. The first-order valence-corrected chi connectivity index (χ1v) is 12.8. The van der Waals surface area contributed by atoms with Gasteiger partial charge in [-0.15, -0.1) is 34.0 Å². The molecule has 0 saturated carbocycles. The van der Waals surface area contributed by atoms with E-state index in [1.807, 2.05) is 23.6 Å². The molecular formula is C24H16N4O2S3. The van der Waals surface area contributed by atoms with E-state index in [9.17, 15) is 9.59 Å². The van der Waals surface area contributed by atoms with Gasteiger partial charge in [-0.3, -0.25) is 9.59 Å². The van der Waals surface area contributed by atoms with Crippen LogP contribution in [0.2, 0.25) is 0 Å². The van der Waals surface area contributed by atoms with Gasteiger partial charge < -0.3 is 19.8 Å². The largest absolute Gasteiger partial charge is 0.348 e. The van der Waals surface area contributed by atoms with E-state index >= 15 is 0 Å². The number of hydrogen-bond donors (Lipinski definition) is 2. The summed E-state index contributed by atoms with van der Waals surface area (Å²) in [6.45, 7) is 0. The lowest BCUT2D eigenvalue weighted by atomic mass is 10.1. The molecule has 0 saturated heterocycles. The van der Waals surface area contributed by atoms with Crippen LogP contribution >= 0.6 is 34.0 Å². The molecule has 0 spiro atoms. The van der Waals surface area contributed by atoms with Gasteiger partial charge in [0.15, 0.2) is 0 Å². The maximum atomic E-state index is 12.8. The standard InChI is InChI=1S/C24H16N4O2S3/c1-27-8-7-15-21(27)22-16(33-15)10-11(28(22)2)12-5-6-14(32-12)20-18-17(23(29)26-20)19(25-24(18)30)13-4-3-9-31-13/h3-10H,1-2H3,(H,25,30)(H,26,29). The highest BCUT2D eigenvalue weighted by Crippen LogP contribution is 2.43. The van der Waals surface area contributed by atoms with Crippen molar-refractivity contribution in [2.45, 2.75) is 0 Å². The van der Waals surface area contributed by atoms with Crippen molar-refractivity contribution in [2.75, 3.05) is 0 Å². The van der Waals surface area contributed by atoms with Crippen molar-refractivity contribution in [3.8, 4) is 10.6 Å². The van der Waals surface area contributed by atoms with Crippen LogP contribution < -0.4 is 10.6 Å². The fourth-order valence-electron chi connectivity index (χ4n) is 4.74. The highest BCUT2D eigenvalue weighted by atomic mass is 32.1. The Morgan fingerprint density at radius 2 is 1.52 bits per heavy atom. The first kappa shape index (κ1) is 19.1. The fourth-order valence-corrected chi connectivity index (χ4v) is 7.74. The van der Waals surface area contributed by atoms with Crippen LogP contribution in [-0.4, -0.2) is 20.9 Å². The summed E-state index contributed by atoms with van der Waals surface area (Å²) in [5.41, 5.74) is 5.67. The molecule has 2 amide bonds. The number of carbonyl (C=O) groups excluding carboxylic acids is 2. The smallest absolute Gasteiger partial charge is 0.258 e. The van der Waals surface area contributed by atoms with E-state index in [0.717, 1.165) is 20.3 Å². The molecule has 2 N–H and O–H groups in total. The average molecular weight is 489 g/mol. The minimum Gasteiger partial charge on any atom is -0.348 e. The van der Waals surface area contributed by atoms with Gasteiger partial charge in [-0.1, -0.05) is 6.07 Å². The van der Waals surface area contributed by atoms with Gasteiger partial charge in [-0.25, -0.2) is 0 Å². The molecular weight excluding hydrogens is 472 g/mol. The molecule has 6 nitrogen and oxygen atoms in total. The van der Waals surface area contributed by atoms with Gasteiger partial charge in [0.25, 0.3) is 11.8 Å². The van der Waals surface area contributed by atoms with E-state index in [1.54, 1.807) is 22.7 Å². The second-order valence-corrected chi connectivity index (χ2v) is 11.2. The van der Waals surface area contributed by atoms with Crippen LogP contribution in [0.5, 0.6) is 0 Å². The van der Waals surface area contributed by atoms with Crippen LogP contribution in [0.4, 0.5) is 0 Å². The average Bonchev–Trinajstić information content (AvgIpc) is 3.60. The Hall–Kier alpha value is -3.40. The Balaban J connectivity index is 1.35. The molecule has 7 rings (SSSR count). The molecule has 33 heavy (non-hydrogen) atoms. The monoisotopic (exact) mass is 488 g/mol. The highest BCUT2D eigenvalue weighted by Gasteiger charge is 2.41. The summed E-state index contributed by atoms with van der Waals surface area (Å²) in [5.74, 6) is -0.468. The Morgan fingerprint density at radius 3 is 2.24 bits per heavy atom. The Bertz CT molecular complexity index is 1720. The molecule has 5 aromatic rings. The van der Waals surface area contributed by atoms with Crippen molar-refractivity contribution in [1.82, 2.24) is 19.8 Å². The SMILES string of the molecule is Cn1ccc2sc3cc(-c4ccc(C5=C6C(=O)NC(c7cccs7)=C6C(=O)N5)s4)n(C)c3c21. The van der Waals surface area contributed by atoms with Gasteiger partial charge in [0.2, 0.25) is 0 Å². The van der Waals surface area contributed by atoms with E-state index in [0.29, 0.717) is 22.5 Å². The van der Waals surface area contributed by atoms with E-state index in [-0.39, 0.29) is 11.8 Å². The van der Waals surface area contributed by atoms with Gasteiger partial charge in [-0.2, -0.15) is 0 Å². The maximum Gasteiger partial charge on any atom is 0.258 e. The minimum atomic E-state index is -0.234. The zero-order valence-corrected chi connectivity index (χ0v) is 20.0. The molecule has 5 aromatic heterocycles. The molecule has 2 aliphatic heterocycles. The quantitative estimate of drug-likeness (QED) is 0.379. The number of thiophene rings is 3. The summed E-state index contributed by atoms with van der Waals surface area (Å²) in [4.78, 5) is 28.5. The second kappa shape index (κ2) is 6.57. The first-order valence-electron chi connectivity index (χ1n) is 10.3. The van der Waals surface area contributed by atoms with Gasteiger partial charge in [0.1, 0.15) is 0 Å². The summed E-state index contributed by atoms with van der Waals surface area (Å²) in [6, 6.07) is 12.3. The summed E-state index contributed by atoms with van der Waals surface area (Å²) in [5, 5.41) is 7.79. The summed E-state index contributed by atoms with van der Waals surface area (Å²) >= 11 is 4.88. The highest BCUT2D eigenvalue weighted by molar-refractivity contribution is 7.25. The summed E-state index contributed by atoms with van der Waals surface area (Å²) in [7, 11) is 4.16. The van der Waals surface area contributed by atoms with Crippen LogP contribution in [0, 0.1) is 0 Å². The van der Waals surface area contributed by atoms with Crippen LogP contribution in [-0.2, 0) is 23.7 Å². The van der Waals surface area contributed by atoms with Crippen molar-refractivity contribution >= 4 is 77.7 Å². The number of nitrogens with one attached hydrogen (secondary N) is 2. The third-order valence-electron chi connectivity index (χ3n) is 6.23. The van der Waals surface area contributed by atoms with Gasteiger partial charge in [-0.05, 0) is 35.7 Å². The number of amides is 2. The zero-order valence-electron chi connectivity index (χ0n) is 17.6. The van der Waals surface area contributed by atoms with E-state index in [1.165, 1.54) is 31.8 Å². The number of fused-ring (bicyclic) bond motifs is 4. The third kappa shape index (κ3) is 2.52. The molecule has 9 heteroatoms. The van der Waals surface area contributed by atoms with Crippen LogP contribution in [0.1, 0.15) is 9.75 Å². The van der Waals surface area contributed by atoms with Crippen molar-refractivity contribution in [2.24, 2.45) is 14.1 Å². The number of rotatable bonds is 3. The third-order valence-corrected chi connectivity index (χ3v) is 9.32. The molecule has 0 bridgehead atoms. The molecule has 0 aliphatic carbocycles. The van der Waals surface area contributed by atoms with Crippen molar-refractivity contribution in [3.63, 3.8) is 0 Å². The number of carbonyl (C=O) groups is 2. The predicted octanol–water partition coefficient (Wildman–Crippen LogP) is 4.90. The van der Waals surface area contributed by atoms with Crippen molar-refractivity contribution in [1.29, 1.82) is 0 Å². The summed E-state index contributed by atoms with van der Waals surface area (Å²) in [6.07, 6.45) is 2.09. The number of nitrogens with zero attached hydrogens (tertiary/aromatic N) is 2. The van der Waals surface area contributed by atoms with Gasteiger partial charge in [0.05, 0.1) is 63.3 Å². The molecule has 0 atom stereocenters. The van der Waals surface area contributed by atoms with Crippen LogP contribution in [0.3, 0.4) is 0 Å². The molecule has 0 unspecified atom stereocenters. The molecule has 0 fully saturated rings. The fraction of sp³-hybridized carbons (Fsp3) is 0.0833. The van der Waals surface area contributed by atoms with Crippen LogP contribution in [0.15, 0.2) is 59.1 Å². The maximum absolute atomic E-state index is 12.8. The Morgan fingerprint density at radius 1 is 0.788 bits per heavy atom. The van der Waals surface area contributed by atoms with E-state index in [4.69, 9.17) is 0 Å². The van der Waals surface area contributed by atoms with Gasteiger partial charge in [0, 0.05) is 20.3 Å². The lowest BCUT2D eigenvalue weighted by Crippen LogP contribution is -2.20. The number of aryl methyl sites for hydroxylation is 2. The molecule has 0 radical (unpaired) electrons. The van der Waals surface area contributed by atoms with E-state index < -0.39 is 0 Å². The predicted molar refractivity (Wildman–Crippen MR) is 135 cm³/mol. The number of aromatic nitrogens is 2. The number of hydrogen-bond acceptors (Lipinski definition) is 5. The first-order chi connectivity index (χ1) is 16.0. The summed E-state index contributed by atoms with van der Waals surface area (Å²) < 4.78 is 6.93. The molecule has 7 heterocycles. The zero-order chi connectivity index (χ0) is 22.4. The van der Waals surface area contributed by atoms with Crippen LogP contribution in [0.25, 0.3) is 42.4 Å². The molecule has 162 valence electrons. The Labute approximate surface area is 200 Å². The molecule has 0 aromatic carbocycles. The lowest BCUT2D eigenvalue weighted by Gasteiger charge is -2.04. The molecule has 2 aliphatic rings. The van der Waals surface area contributed by atoms with Crippen molar-refractivity contribution < 1.29 is 9.59 Å². The van der Waals surface area contributed by atoms with E-state index in [2.05, 4.69) is 58.3 Å². The Kier molecular flexibility index (Phi) is 3.80. The normalized spacial score (nSPS) is 15.9. The van der Waals surface area contributed by atoms with Crippen molar-refractivity contribution in [3.05, 3.63) is 68.9 Å². The topological polar surface area (TPSA) is 68.1 Å². The second-order valence-electron chi connectivity index (χ2n) is 8.09. The lowest BCUT2D eigenvalue weighted by molar-refractivity contribution is -0.117.